The first-order valence-electron chi connectivity index (χ1n) is 10.5. The number of hydrogen-bond acceptors (Lipinski definition) is 3. The van der Waals surface area contributed by atoms with Crippen LogP contribution in [0.2, 0.25) is 0 Å². The van der Waals surface area contributed by atoms with E-state index in [2.05, 4.69) is 29.2 Å². The van der Waals surface area contributed by atoms with Gasteiger partial charge in [-0.3, -0.25) is 9.69 Å². The maximum atomic E-state index is 12.6. The molecule has 2 aliphatic carbocycles. The number of amides is 1. The van der Waals surface area contributed by atoms with Crippen LogP contribution in [0.1, 0.15) is 12.8 Å². The van der Waals surface area contributed by atoms with Crippen LogP contribution >= 0.6 is 0 Å². The Morgan fingerprint density at radius 1 is 0.964 bits per heavy atom. The van der Waals surface area contributed by atoms with Crippen LogP contribution in [0.3, 0.4) is 0 Å². The SMILES string of the molecule is O=C(COc1ccc2ccccc2c1)N1CCN(C[C@@H]2C[C@@H]3C=C[C@@H]2C3)CC1. The molecular weight excluding hydrogens is 348 g/mol. The molecule has 0 unspecified atom stereocenters. The largest absolute Gasteiger partial charge is 0.484 e. The van der Waals surface area contributed by atoms with E-state index in [0.29, 0.717) is 0 Å². The Morgan fingerprint density at radius 2 is 1.79 bits per heavy atom. The second-order valence-electron chi connectivity index (χ2n) is 8.52. The van der Waals surface area contributed by atoms with E-state index in [0.717, 1.165) is 55.1 Å². The van der Waals surface area contributed by atoms with Crippen molar-refractivity contribution in [3.63, 3.8) is 0 Å². The summed E-state index contributed by atoms with van der Waals surface area (Å²) in [6, 6.07) is 14.2. The van der Waals surface area contributed by atoms with Crippen molar-refractivity contribution in [2.45, 2.75) is 12.8 Å². The highest BCUT2D eigenvalue weighted by molar-refractivity contribution is 5.84. The highest BCUT2D eigenvalue weighted by Gasteiger charge is 2.36. The van der Waals surface area contributed by atoms with E-state index in [4.69, 9.17) is 4.74 Å². The maximum Gasteiger partial charge on any atom is 0.260 e. The zero-order chi connectivity index (χ0) is 18.9. The maximum absolute atomic E-state index is 12.6. The number of allylic oxidation sites excluding steroid dienone is 2. The topological polar surface area (TPSA) is 32.8 Å². The molecule has 0 N–H and O–H groups in total. The van der Waals surface area contributed by atoms with Crippen molar-refractivity contribution in [1.29, 1.82) is 0 Å². The fraction of sp³-hybridized carbons (Fsp3) is 0.458. The Hall–Kier alpha value is -2.33. The Kier molecular flexibility index (Phi) is 4.81. The van der Waals surface area contributed by atoms with E-state index < -0.39 is 0 Å². The van der Waals surface area contributed by atoms with Gasteiger partial charge in [-0.05, 0) is 53.5 Å². The molecule has 5 rings (SSSR count). The molecule has 4 nitrogen and oxygen atoms in total. The summed E-state index contributed by atoms with van der Waals surface area (Å²) in [5.41, 5.74) is 0. The molecule has 1 heterocycles. The number of carbonyl (C=O) groups is 1. The first kappa shape index (κ1) is 17.7. The lowest BCUT2D eigenvalue weighted by Crippen LogP contribution is -2.51. The minimum Gasteiger partial charge on any atom is -0.484 e. The van der Waals surface area contributed by atoms with Crippen LogP contribution in [0.4, 0.5) is 0 Å². The lowest BCUT2D eigenvalue weighted by molar-refractivity contribution is -0.135. The van der Waals surface area contributed by atoms with Crippen molar-refractivity contribution in [1.82, 2.24) is 9.80 Å². The Balaban J connectivity index is 1.09. The normalized spacial score (nSPS) is 26.9. The molecular formula is C24H28N2O2. The van der Waals surface area contributed by atoms with Crippen molar-refractivity contribution < 1.29 is 9.53 Å². The van der Waals surface area contributed by atoms with Gasteiger partial charge in [0.1, 0.15) is 5.75 Å². The van der Waals surface area contributed by atoms with Crippen LogP contribution in [0, 0.1) is 17.8 Å². The van der Waals surface area contributed by atoms with Gasteiger partial charge in [-0.1, -0.05) is 42.5 Å². The summed E-state index contributed by atoms with van der Waals surface area (Å²) in [7, 11) is 0. The molecule has 2 aromatic carbocycles. The summed E-state index contributed by atoms with van der Waals surface area (Å²) in [6.07, 6.45) is 7.57. The second-order valence-corrected chi connectivity index (χ2v) is 8.52. The van der Waals surface area contributed by atoms with E-state index in [1.807, 2.05) is 35.2 Å². The summed E-state index contributed by atoms with van der Waals surface area (Å²) >= 11 is 0. The Bertz CT molecular complexity index is 885. The highest BCUT2D eigenvalue weighted by Crippen LogP contribution is 2.43. The molecule has 2 fully saturated rings. The molecule has 1 amide bonds. The van der Waals surface area contributed by atoms with Gasteiger partial charge in [-0.2, -0.15) is 0 Å². The van der Waals surface area contributed by atoms with Crippen molar-refractivity contribution in [3.8, 4) is 5.75 Å². The molecule has 28 heavy (non-hydrogen) atoms. The van der Waals surface area contributed by atoms with E-state index in [9.17, 15) is 4.79 Å². The molecule has 0 radical (unpaired) electrons. The summed E-state index contributed by atoms with van der Waals surface area (Å²) in [5.74, 6) is 3.32. The highest BCUT2D eigenvalue weighted by atomic mass is 16.5. The monoisotopic (exact) mass is 376 g/mol. The van der Waals surface area contributed by atoms with E-state index in [-0.39, 0.29) is 12.5 Å². The number of fused-ring (bicyclic) bond motifs is 3. The third-order valence-electron chi connectivity index (χ3n) is 6.72. The first-order chi connectivity index (χ1) is 13.7. The zero-order valence-corrected chi connectivity index (χ0v) is 16.3. The molecule has 1 aliphatic heterocycles. The van der Waals surface area contributed by atoms with Crippen LogP contribution in [0.15, 0.2) is 54.6 Å². The average molecular weight is 377 g/mol. The van der Waals surface area contributed by atoms with Gasteiger partial charge >= 0.3 is 0 Å². The van der Waals surface area contributed by atoms with Crippen molar-refractivity contribution in [3.05, 3.63) is 54.6 Å². The third kappa shape index (κ3) is 3.66. The molecule has 4 heteroatoms. The fourth-order valence-electron chi connectivity index (χ4n) is 5.11. The molecule has 0 spiro atoms. The van der Waals surface area contributed by atoms with Crippen LogP contribution in [0.5, 0.6) is 5.75 Å². The molecule has 146 valence electrons. The standard InChI is InChI=1S/C24H28N2O2/c27-24(17-28-23-8-7-19-3-1-2-4-20(19)15-23)26-11-9-25(10-12-26)16-22-14-18-5-6-21(22)13-18/h1-8,15,18,21-22H,9-14,16-17H2/t18-,21-,22+/m1/s1. The van der Waals surface area contributed by atoms with Crippen LogP contribution in [-0.4, -0.2) is 55.0 Å². The third-order valence-corrected chi connectivity index (χ3v) is 6.72. The number of ether oxygens (including phenoxy) is 1. The van der Waals surface area contributed by atoms with Crippen LogP contribution in [0.25, 0.3) is 10.8 Å². The lowest BCUT2D eigenvalue weighted by atomic mass is 9.93. The predicted molar refractivity (Wildman–Crippen MR) is 111 cm³/mol. The second kappa shape index (κ2) is 7.59. The number of benzene rings is 2. The molecule has 3 atom stereocenters. The zero-order valence-electron chi connectivity index (χ0n) is 16.3. The average Bonchev–Trinajstić information content (AvgIpc) is 3.36. The lowest BCUT2D eigenvalue weighted by Gasteiger charge is -2.36. The number of carbonyl (C=O) groups excluding carboxylic acids is 1. The Morgan fingerprint density at radius 3 is 2.54 bits per heavy atom. The molecule has 1 saturated carbocycles. The minimum atomic E-state index is 0.0932. The molecule has 1 saturated heterocycles. The van der Waals surface area contributed by atoms with Gasteiger partial charge in [-0.25, -0.2) is 0 Å². The molecule has 3 aliphatic rings. The Labute approximate surface area is 166 Å². The van der Waals surface area contributed by atoms with E-state index in [1.165, 1.54) is 24.8 Å². The van der Waals surface area contributed by atoms with Gasteiger partial charge in [-0.15, -0.1) is 0 Å². The fourth-order valence-corrected chi connectivity index (χ4v) is 5.11. The number of nitrogens with zero attached hydrogens (tertiary/aromatic N) is 2. The molecule has 2 aromatic rings. The van der Waals surface area contributed by atoms with Crippen LogP contribution < -0.4 is 4.74 Å². The first-order valence-corrected chi connectivity index (χ1v) is 10.5. The number of hydrogen-bond donors (Lipinski definition) is 0. The summed E-state index contributed by atoms with van der Waals surface area (Å²) < 4.78 is 5.78. The van der Waals surface area contributed by atoms with Crippen molar-refractivity contribution in [2.75, 3.05) is 39.3 Å². The minimum absolute atomic E-state index is 0.0932. The van der Waals surface area contributed by atoms with Crippen LogP contribution in [-0.2, 0) is 4.79 Å². The quantitative estimate of drug-likeness (QED) is 0.748. The van der Waals surface area contributed by atoms with Gasteiger partial charge in [0.2, 0.25) is 0 Å². The molecule has 0 aromatic heterocycles. The van der Waals surface area contributed by atoms with Gasteiger partial charge < -0.3 is 9.64 Å². The van der Waals surface area contributed by atoms with Gasteiger partial charge in [0, 0.05) is 32.7 Å². The molecule has 2 bridgehead atoms. The summed E-state index contributed by atoms with van der Waals surface area (Å²) in [4.78, 5) is 17.1. The van der Waals surface area contributed by atoms with Gasteiger partial charge in [0.05, 0.1) is 0 Å². The van der Waals surface area contributed by atoms with Crippen molar-refractivity contribution >= 4 is 16.7 Å². The van der Waals surface area contributed by atoms with E-state index >= 15 is 0 Å². The predicted octanol–water partition coefficient (Wildman–Crippen LogP) is 3.58. The van der Waals surface area contributed by atoms with Gasteiger partial charge in [0.25, 0.3) is 5.91 Å². The summed E-state index contributed by atoms with van der Waals surface area (Å²) in [5, 5.41) is 2.32. The number of piperazine rings is 1. The van der Waals surface area contributed by atoms with Gasteiger partial charge in [0.15, 0.2) is 6.61 Å². The van der Waals surface area contributed by atoms with E-state index in [1.54, 1.807) is 0 Å². The number of rotatable bonds is 5. The smallest absolute Gasteiger partial charge is 0.260 e. The van der Waals surface area contributed by atoms with Crippen molar-refractivity contribution in [2.24, 2.45) is 17.8 Å². The summed E-state index contributed by atoms with van der Waals surface area (Å²) in [6.45, 7) is 4.92.